The molecule has 0 aromatic heterocycles. The van der Waals surface area contributed by atoms with E-state index in [1.165, 1.54) is 5.56 Å². The molecule has 0 bridgehead atoms. The number of hydrogen-bond acceptors (Lipinski definition) is 3. The molecule has 1 aliphatic rings. The van der Waals surface area contributed by atoms with Gasteiger partial charge in [0, 0.05) is 12.3 Å². The molecule has 4 N–H and O–H groups in total. The van der Waals surface area contributed by atoms with Crippen molar-refractivity contribution in [3.63, 3.8) is 0 Å². The van der Waals surface area contributed by atoms with Gasteiger partial charge in [-0.05, 0) is 84.9 Å². The summed E-state index contributed by atoms with van der Waals surface area (Å²) in [6.45, 7) is 0.700. The van der Waals surface area contributed by atoms with Gasteiger partial charge in [0.2, 0.25) is 5.91 Å². The Balaban J connectivity index is 1.59. The number of carbonyl (C=O) groups excluding carboxylic acids is 1. The first kappa shape index (κ1) is 25.6. The first-order valence-corrected chi connectivity index (χ1v) is 13.0. The van der Waals surface area contributed by atoms with Gasteiger partial charge in [-0.25, -0.2) is 0 Å². The summed E-state index contributed by atoms with van der Waals surface area (Å²) in [5.41, 5.74) is 11.1. The normalized spacial score (nSPS) is 18.4. The summed E-state index contributed by atoms with van der Waals surface area (Å²) in [6.07, 6.45) is 5.09. The zero-order valence-electron chi connectivity index (χ0n) is 20.7. The van der Waals surface area contributed by atoms with Crippen LogP contribution in [0.1, 0.15) is 54.8 Å². The van der Waals surface area contributed by atoms with Gasteiger partial charge in [-0.15, -0.1) is 0 Å². The highest BCUT2D eigenvalue weighted by atomic mass is 16.4. The summed E-state index contributed by atoms with van der Waals surface area (Å²) >= 11 is 0. The minimum absolute atomic E-state index is 0.0333. The number of carboxylic acids is 1. The molecule has 3 aromatic carbocycles. The number of aryl methyl sites for hydroxylation is 1. The third-order valence-electron chi connectivity index (χ3n) is 7.38. The summed E-state index contributed by atoms with van der Waals surface area (Å²) in [5.74, 6) is -0.110. The number of amides is 1. The second-order valence-corrected chi connectivity index (χ2v) is 9.88. The van der Waals surface area contributed by atoms with Crippen molar-refractivity contribution in [1.29, 1.82) is 0 Å². The Morgan fingerprint density at radius 3 is 2.36 bits per heavy atom. The lowest BCUT2D eigenvalue weighted by molar-refractivity contribution is -0.137. The number of nitrogens with two attached hydrogens (primary N) is 1. The Morgan fingerprint density at radius 2 is 1.64 bits per heavy atom. The molecule has 1 fully saturated rings. The Hall–Kier alpha value is -3.44. The van der Waals surface area contributed by atoms with Crippen LogP contribution in [-0.4, -0.2) is 23.5 Å². The molecule has 5 heteroatoms. The van der Waals surface area contributed by atoms with E-state index in [0.29, 0.717) is 25.3 Å². The average molecular weight is 485 g/mol. The summed E-state index contributed by atoms with van der Waals surface area (Å²) in [6, 6.07) is 26.3. The number of aliphatic carboxylic acids is 1. The molecular weight excluding hydrogens is 448 g/mol. The Morgan fingerprint density at radius 1 is 0.917 bits per heavy atom. The maximum atomic E-state index is 13.3. The highest BCUT2D eigenvalue weighted by Crippen LogP contribution is 2.31. The van der Waals surface area contributed by atoms with Gasteiger partial charge in [0.25, 0.3) is 0 Å². The zero-order valence-corrected chi connectivity index (χ0v) is 20.7. The van der Waals surface area contributed by atoms with Crippen molar-refractivity contribution in [1.82, 2.24) is 5.32 Å². The molecule has 1 amide bonds. The van der Waals surface area contributed by atoms with Crippen LogP contribution in [-0.2, 0) is 22.4 Å². The molecular formula is C31H36N2O3. The number of carbonyl (C=O) groups is 2. The monoisotopic (exact) mass is 484 g/mol. The largest absolute Gasteiger partial charge is 0.481 e. The van der Waals surface area contributed by atoms with E-state index in [4.69, 9.17) is 10.8 Å². The number of carboxylic acid groups (broad SMARTS) is 1. The van der Waals surface area contributed by atoms with Crippen LogP contribution >= 0.6 is 0 Å². The van der Waals surface area contributed by atoms with Crippen molar-refractivity contribution >= 4 is 11.9 Å². The van der Waals surface area contributed by atoms with E-state index in [0.717, 1.165) is 47.9 Å². The molecule has 36 heavy (non-hydrogen) atoms. The summed E-state index contributed by atoms with van der Waals surface area (Å²) in [5, 5.41) is 12.5. The van der Waals surface area contributed by atoms with Crippen LogP contribution in [0.2, 0.25) is 0 Å². The predicted octanol–water partition coefficient (Wildman–Crippen LogP) is 5.54. The number of hydrogen-bond donors (Lipinski definition) is 3. The smallest absolute Gasteiger partial charge is 0.303 e. The van der Waals surface area contributed by atoms with Crippen molar-refractivity contribution < 1.29 is 14.7 Å². The van der Waals surface area contributed by atoms with E-state index in [2.05, 4.69) is 35.6 Å². The fraction of sp³-hybridized carbons (Fsp3) is 0.355. The van der Waals surface area contributed by atoms with Gasteiger partial charge in [0.05, 0.1) is 6.04 Å². The Bertz CT molecular complexity index is 1150. The minimum atomic E-state index is -0.801. The van der Waals surface area contributed by atoms with Crippen molar-refractivity contribution in [3.05, 3.63) is 95.6 Å². The van der Waals surface area contributed by atoms with E-state index < -0.39 is 5.97 Å². The van der Waals surface area contributed by atoms with Gasteiger partial charge in [-0.3, -0.25) is 9.59 Å². The molecule has 0 radical (unpaired) electrons. The second-order valence-electron chi connectivity index (χ2n) is 9.88. The van der Waals surface area contributed by atoms with Crippen LogP contribution in [0.15, 0.2) is 78.9 Å². The molecule has 0 aliphatic heterocycles. The topological polar surface area (TPSA) is 92.4 Å². The van der Waals surface area contributed by atoms with Crippen LogP contribution in [0.4, 0.5) is 0 Å². The molecule has 0 saturated heterocycles. The van der Waals surface area contributed by atoms with Crippen LogP contribution in [0.3, 0.4) is 0 Å². The lowest BCUT2D eigenvalue weighted by Gasteiger charge is -2.29. The number of nitrogens with one attached hydrogen (secondary N) is 1. The van der Waals surface area contributed by atoms with Crippen LogP contribution in [0, 0.1) is 11.8 Å². The number of benzene rings is 3. The van der Waals surface area contributed by atoms with E-state index in [1.807, 2.05) is 48.5 Å². The SMILES string of the molecule is NCC1CCC(C(=O)NC(Cc2ccccc2)c2cccc(-c3ccccc3CCC(=O)O)c2)CC1. The Kier molecular flexibility index (Phi) is 8.90. The summed E-state index contributed by atoms with van der Waals surface area (Å²) in [7, 11) is 0. The molecule has 1 atom stereocenters. The highest BCUT2D eigenvalue weighted by molar-refractivity contribution is 5.79. The van der Waals surface area contributed by atoms with E-state index in [9.17, 15) is 9.59 Å². The lowest BCUT2D eigenvalue weighted by atomic mass is 9.81. The van der Waals surface area contributed by atoms with Gasteiger partial charge in [0.15, 0.2) is 0 Å². The molecule has 188 valence electrons. The van der Waals surface area contributed by atoms with Gasteiger partial charge >= 0.3 is 5.97 Å². The second kappa shape index (κ2) is 12.5. The zero-order chi connectivity index (χ0) is 25.3. The van der Waals surface area contributed by atoms with E-state index in [1.54, 1.807) is 0 Å². The first-order valence-electron chi connectivity index (χ1n) is 13.0. The van der Waals surface area contributed by atoms with Gasteiger partial charge < -0.3 is 16.2 Å². The third kappa shape index (κ3) is 6.82. The molecule has 5 nitrogen and oxygen atoms in total. The van der Waals surface area contributed by atoms with E-state index in [-0.39, 0.29) is 24.3 Å². The van der Waals surface area contributed by atoms with Crippen molar-refractivity contribution in [2.24, 2.45) is 17.6 Å². The first-order chi connectivity index (χ1) is 17.5. The minimum Gasteiger partial charge on any atom is -0.481 e. The van der Waals surface area contributed by atoms with Crippen molar-refractivity contribution in [2.75, 3.05) is 6.54 Å². The average Bonchev–Trinajstić information content (AvgIpc) is 2.92. The third-order valence-corrected chi connectivity index (χ3v) is 7.38. The molecule has 3 aromatic rings. The quantitative estimate of drug-likeness (QED) is 0.352. The molecule has 1 saturated carbocycles. The lowest BCUT2D eigenvalue weighted by Crippen LogP contribution is -2.37. The fourth-order valence-corrected chi connectivity index (χ4v) is 5.24. The maximum absolute atomic E-state index is 13.3. The van der Waals surface area contributed by atoms with Crippen LogP contribution in [0.25, 0.3) is 11.1 Å². The predicted molar refractivity (Wildman–Crippen MR) is 143 cm³/mol. The number of rotatable bonds is 10. The van der Waals surface area contributed by atoms with Crippen LogP contribution in [0.5, 0.6) is 0 Å². The van der Waals surface area contributed by atoms with Crippen molar-refractivity contribution in [3.8, 4) is 11.1 Å². The van der Waals surface area contributed by atoms with Gasteiger partial charge in [-0.2, -0.15) is 0 Å². The summed E-state index contributed by atoms with van der Waals surface area (Å²) in [4.78, 5) is 24.5. The summed E-state index contributed by atoms with van der Waals surface area (Å²) < 4.78 is 0. The van der Waals surface area contributed by atoms with E-state index >= 15 is 0 Å². The Labute approximate surface area is 213 Å². The highest BCUT2D eigenvalue weighted by Gasteiger charge is 2.27. The van der Waals surface area contributed by atoms with Gasteiger partial charge in [-0.1, -0.05) is 72.8 Å². The van der Waals surface area contributed by atoms with Crippen LogP contribution < -0.4 is 11.1 Å². The molecule has 0 spiro atoms. The fourth-order valence-electron chi connectivity index (χ4n) is 5.24. The van der Waals surface area contributed by atoms with Gasteiger partial charge in [0.1, 0.15) is 0 Å². The standard InChI is InChI=1S/C31H36N2O3/c32-21-23-13-15-25(16-14-23)31(36)33-29(19-22-7-2-1-3-8-22)27-11-6-10-26(20-27)28-12-5-4-9-24(28)17-18-30(34)35/h1-12,20,23,25,29H,13-19,21,32H2,(H,33,36)(H,34,35). The van der Waals surface area contributed by atoms with Crippen molar-refractivity contribution in [2.45, 2.75) is 51.0 Å². The maximum Gasteiger partial charge on any atom is 0.303 e. The molecule has 1 unspecified atom stereocenters. The molecule has 4 rings (SSSR count). The molecule has 0 heterocycles. The molecule has 1 aliphatic carbocycles.